The van der Waals surface area contributed by atoms with Crippen molar-refractivity contribution in [3.05, 3.63) is 64.9 Å². The van der Waals surface area contributed by atoms with E-state index in [1.165, 1.54) is 17.5 Å². The van der Waals surface area contributed by atoms with Crippen LogP contribution in [0.15, 0.2) is 41.1 Å². The van der Waals surface area contributed by atoms with E-state index in [9.17, 15) is 14.7 Å². The number of rotatable bonds is 14. The molecule has 4 heterocycles. The minimum Gasteiger partial charge on any atom is -0.486 e. The number of fused-ring (bicyclic) bond motifs is 1. The van der Waals surface area contributed by atoms with E-state index in [-0.39, 0.29) is 24.4 Å². The van der Waals surface area contributed by atoms with Gasteiger partial charge < -0.3 is 39.4 Å². The number of nitrogens with zero attached hydrogens (tertiary/aromatic N) is 5. The van der Waals surface area contributed by atoms with Gasteiger partial charge in [0.05, 0.1) is 18.4 Å². The summed E-state index contributed by atoms with van der Waals surface area (Å²) in [5, 5.41) is 17.3. The number of methoxy groups -OCH3 is 1. The van der Waals surface area contributed by atoms with Gasteiger partial charge in [0.2, 0.25) is 5.91 Å². The van der Waals surface area contributed by atoms with Gasteiger partial charge in [0.1, 0.15) is 24.0 Å². The number of aliphatic hydroxyl groups is 1. The summed E-state index contributed by atoms with van der Waals surface area (Å²) in [7, 11) is 3.56. The van der Waals surface area contributed by atoms with Gasteiger partial charge in [-0.3, -0.25) is 14.5 Å². The standard InChI is InChI=1S/C34H47N7O6/c1-23-31(47-22-36-23)21-46-30-6-5-26-19-40(10-7-25(26)15-30)20-29(43)18-35-34(44)27-16-32(38-33(17-27)39(3)13-14-45-4)37-28-8-11-41(12-9-28)24(2)42/h5-6,15-17,22,28-29,43H,7-14,18-21H2,1-4H3,(H,35,44)(H,37,38)/t29-/m0/s1. The summed E-state index contributed by atoms with van der Waals surface area (Å²) >= 11 is 0. The molecule has 2 aromatic heterocycles. The van der Waals surface area contributed by atoms with Gasteiger partial charge >= 0.3 is 0 Å². The van der Waals surface area contributed by atoms with Crippen LogP contribution >= 0.6 is 0 Å². The molecule has 1 atom stereocenters. The Balaban J connectivity index is 1.14. The number of carbonyl (C=O) groups excluding carboxylic acids is 2. The summed E-state index contributed by atoms with van der Waals surface area (Å²) in [5.74, 6) is 2.56. The molecule has 2 amide bonds. The zero-order valence-electron chi connectivity index (χ0n) is 27.8. The van der Waals surface area contributed by atoms with Crippen LogP contribution in [-0.2, 0) is 29.1 Å². The third kappa shape index (κ3) is 9.43. The van der Waals surface area contributed by atoms with Crippen LogP contribution in [0.4, 0.5) is 11.6 Å². The van der Waals surface area contributed by atoms with Gasteiger partial charge in [-0.2, -0.15) is 0 Å². The topological polar surface area (TPSA) is 146 Å². The summed E-state index contributed by atoms with van der Waals surface area (Å²) in [6, 6.07) is 9.75. The van der Waals surface area contributed by atoms with Gasteiger partial charge in [-0.1, -0.05) is 6.07 Å². The SMILES string of the molecule is COCCN(C)c1cc(C(=O)NC[C@H](O)CN2CCc3cc(OCc4ocnc4C)ccc3C2)cc(NC2CCN(C(C)=O)CC2)n1. The number of oxazole rings is 1. The maximum atomic E-state index is 13.3. The van der Waals surface area contributed by atoms with Crippen LogP contribution in [0.2, 0.25) is 0 Å². The second kappa shape index (κ2) is 16.1. The van der Waals surface area contributed by atoms with E-state index in [2.05, 4.69) is 32.7 Å². The van der Waals surface area contributed by atoms with Gasteiger partial charge in [-0.05, 0) is 61.6 Å². The van der Waals surface area contributed by atoms with Gasteiger partial charge in [-0.15, -0.1) is 0 Å². The zero-order chi connectivity index (χ0) is 33.3. The Bertz CT molecular complexity index is 1510. The van der Waals surface area contributed by atoms with Crippen molar-refractivity contribution >= 4 is 23.5 Å². The Morgan fingerprint density at radius 2 is 1.98 bits per heavy atom. The number of hydrogen-bond acceptors (Lipinski definition) is 11. The predicted molar refractivity (Wildman–Crippen MR) is 178 cm³/mol. The van der Waals surface area contributed by atoms with Crippen molar-refractivity contribution < 1.29 is 28.6 Å². The third-order valence-electron chi connectivity index (χ3n) is 8.84. The molecule has 2 aliphatic heterocycles. The lowest BCUT2D eigenvalue weighted by molar-refractivity contribution is -0.129. The fourth-order valence-corrected chi connectivity index (χ4v) is 5.93. The number of benzene rings is 1. The number of aromatic nitrogens is 2. The molecule has 13 nitrogen and oxygen atoms in total. The number of carbonyl (C=O) groups is 2. The molecule has 0 unspecified atom stereocenters. The summed E-state index contributed by atoms with van der Waals surface area (Å²) in [6.07, 6.45) is 3.14. The molecule has 0 aliphatic carbocycles. The molecule has 1 saturated heterocycles. The molecule has 2 aliphatic rings. The van der Waals surface area contributed by atoms with Crippen molar-refractivity contribution in [3.8, 4) is 5.75 Å². The molecule has 0 bridgehead atoms. The van der Waals surface area contributed by atoms with Crippen molar-refractivity contribution in [1.82, 2.24) is 25.1 Å². The number of anilines is 2. The van der Waals surface area contributed by atoms with Gasteiger partial charge in [0.15, 0.2) is 12.2 Å². The molecule has 0 saturated carbocycles. The first-order valence-electron chi connectivity index (χ1n) is 16.2. The minimum atomic E-state index is -0.733. The number of pyridine rings is 1. The quantitative estimate of drug-likeness (QED) is 0.237. The molecule has 3 N–H and O–H groups in total. The highest BCUT2D eigenvalue weighted by Crippen LogP contribution is 2.25. The van der Waals surface area contributed by atoms with Crippen LogP contribution in [0.25, 0.3) is 0 Å². The Kier molecular flexibility index (Phi) is 11.7. The molecule has 1 fully saturated rings. The molecule has 0 spiro atoms. The van der Waals surface area contributed by atoms with Gasteiger partial charge in [0.25, 0.3) is 5.91 Å². The van der Waals surface area contributed by atoms with E-state index in [1.807, 2.05) is 29.8 Å². The zero-order valence-corrected chi connectivity index (χ0v) is 27.8. The lowest BCUT2D eigenvalue weighted by atomic mass is 9.99. The van der Waals surface area contributed by atoms with E-state index in [1.54, 1.807) is 26.2 Å². The normalized spacial score (nSPS) is 16.0. The summed E-state index contributed by atoms with van der Waals surface area (Å²) < 4.78 is 16.5. The fraction of sp³-hybridized carbons (Fsp3) is 0.529. The van der Waals surface area contributed by atoms with E-state index >= 15 is 0 Å². The Labute approximate surface area is 276 Å². The third-order valence-corrected chi connectivity index (χ3v) is 8.84. The number of β-amino-alcohol motifs (C(OH)–C–C–N with tert-alkyl or cyclic N) is 1. The summed E-state index contributed by atoms with van der Waals surface area (Å²) in [6.45, 7) is 8.40. The van der Waals surface area contributed by atoms with Crippen molar-refractivity contribution in [3.63, 3.8) is 0 Å². The van der Waals surface area contributed by atoms with Crippen molar-refractivity contribution in [1.29, 1.82) is 0 Å². The largest absolute Gasteiger partial charge is 0.486 e. The Morgan fingerprint density at radius 3 is 2.70 bits per heavy atom. The number of hydrogen-bond donors (Lipinski definition) is 3. The van der Waals surface area contributed by atoms with Crippen LogP contribution in [0.1, 0.15) is 52.7 Å². The molecule has 0 radical (unpaired) electrons. The van der Waals surface area contributed by atoms with Crippen LogP contribution < -0.4 is 20.3 Å². The predicted octanol–water partition coefficient (Wildman–Crippen LogP) is 2.61. The monoisotopic (exact) mass is 649 g/mol. The van der Waals surface area contributed by atoms with E-state index in [0.717, 1.165) is 37.3 Å². The smallest absolute Gasteiger partial charge is 0.251 e. The fourth-order valence-electron chi connectivity index (χ4n) is 5.93. The average molecular weight is 650 g/mol. The number of piperidine rings is 1. The second-order valence-electron chi connectivity index (χ2n) is 12.4. The number of amides is 2. The van der Waals surface area contributed by atoms with Crippen LogP contribution in [-0.4, -0.2) is 109 Å². The lowest BCUT2D eigenvalue weighted by Crippen LogP contribution is -2.42. The average Bonchev–Trinajstić information content (AvgIpc) is 3.49. The second-order valence-corrected chi connectivity index (χ2v) is 12.4. The maximum Gasteiger partial charge on any atom is 0.251 e. The van der Waals surface area contributed by atoms with Crippen molar-refractivity contribution in [2.45, 2.75) is 58.4 Å². The number of ether oxygens (including phenoxy) is 2. The first-order valence-corrected chi connectivity index (χ1v) is 16.2. The van der Waals surface area contributed by atoms with E-state index in [4.69, 9.17) is 18.9 Å². The molecule has 3 aromatic rings. The van der Waals surface area contributed by atoms with Crippen LogP contribution in [0.3, 0.4) is 0 Å². The molecule has 47 heavy (non-hydrogen) atoms. The molecular formula is C34H47N7O6. The first-order chi connectivity index (χ1) is 22.7. The van der Waals surface area contributed by atoms with Crippen LogP contribution in [0.5, 0.6) is 5.75 Å². The first kappa shape index (κ1) is 34.1. The Hall–Kier alpha value is -4.20. The minimum absolute atomic E-state index is 0.0875. The van der Waals surface area contributed by atoms with Gasteiger partial charge in [-0.25, -0.2) is 9.97 Å². The maximum absolute atomic E-state index is 13.3. The molecular weight excluding hydrogens is 602 g/mol. The van der Waals surface area contributed by atoms with Crippen LogP contribution in [0, 0.1) is 6.92 Å². The number of likely N-dealkylation sites (tertiary alicyclic amines) is 1. The molecule has 5 rings (SSSR count). The number of likely N-dealkylation sites (N-methyl/N-ethyl adjacent to an activating group) is 1. The molecule has 1 aromatic carbocycles. The van der Waals surface area contributed by atoms with Crippen molar-refractivity contribution in [2.24, 2.45) is 0 Å². The number of aryl methyl sites for hydroxylation is 1. The van der Waals surface area contributed by atoms with Crippen molar-refractivity contribution in [2.75, 3.05) is 70.2 Å². The number of aliphatic hydroxyl groups excluding tert-OH is 1. The van der Waals surface area contributed by atoms with E-state index in [0.29, 0.717) is 68.9 Å². The highest BCUT2D eigenvalue weighted by molar-refractivity contribution is 5.95. The number of nitrogens with one attached hydrogen (secondary N) is 2. The molecule has 254 valence electrons. The lowest BCUT2D eigenvalue weighted by Gasteiger charge is -2.32. The molecule has 13 heteroatoms. The Morgan fingerprint density at radius 1 is 1.17 bits per heavy atom. The highest BCUT2D eigenvalue weighted by Gasteiger charge is 2.23. The van der Waals surface area contributed by atoms with E-state index < -0.39 is 6.10 Å². The summed E-state index contributed by atoms with van der Waals surface area (Å²) in [5.41, 5.74) is 3.71. The highest BCUT2D eigenvalue weighted by atomic mass is 16.5. The van der Waals surface area contributed by atoms with Gasteiger partial charge in [0, 0.05) is 78.5 Å². The summed E-state index contributed by atoms with van der Waals surface area (Å²) in [4.78, 5) is 39.9.